The predicted molar refractivity (Wildman–Crippen MR) is 49.7 cm³/mol. The van der Waals surface area contributed by atoms with Crippen molar-refractivity contribution in [2.24, 2.45) is 0 Å². The molecule has 80 valence electrons. The molecule has 1 aromatic heterocycles. The highest BCUT2D eigenvalue weighted by Gasteiger charge is 2.16. The molecule has 1 N–H and O–H groups in total. The van der Waals surface area contributed by atoms with Crippen LogP contribution in [0.3, 0.4) is 0 Å². The van der Waals surface area contributed by atoms with Gasteiger partial charge >= 0.3 is 0 Å². The number of halogens is 3. The lowest BCUT2D eigenvalue weighted by Gasteiger charge is -2.08. The zero-order chi connectivity index (χ0) is 11.4. The third-order valence-corrected chi connectivity index (χ3v) is 2.07. The van der Waals surface area contributed by atoms with Gasteiger partial charge in [-0.05, 0) is 6.07 Å². The number of alkyl halides is 3. The maximum absolute atomic E-state index is 12.4. The van der Waals surface area contributed by atoms with Gasteiger partial charge in [0.1, 0.15) is 11.4 Å². The molecular weight excluding hydrogens is 226 g/mol. The van der Waals surface area contributed by atoms with E-state index in [0.29, 0.717) is 0 Å². The van der Waals surface area contributed by atoms with E-state index in [4.69, 9.17) is 16.9 Å². The molecule has 15 heavy (non-hydrogen) atoms. The molecule has 0 amide bonds. The number of pyridine rings is 1. The van der Waals surface area contributed by atoms with Gasteiger partial charge in [-0.1, -0.05) is 0 Å². The summed E-state index contributed by atoms with van der Waals surface area (Å²) in [5, 5.41) is 17.9. The standard InChI is InChI=1S/C9H7ClF2N2O/c10-4-5-3-7(9(11)12)14-6(1-2-13)8(5)15/h3,9,15H,1,4H2. The second kappa shape index (κ2) is 4.89. The van der Waals surface area contributed by atoms with E-state index in [9.17, 15) is 13.9 Å². The third kappa shape index (κ3) is 2.54. The van der Waals surface area contributed by atoms with Gasteiger partial charge in [-0.3, -0.25) is 0 Å². The maximum Gasteiger partial charge on any atom is 0.280 e. The SMILES string of the molecule is N#CCc1nc(C(F)F)cc(CCl)c1O. The summed E-state index contributed by atoms with van der Waals surface area (Å²) in [6, 6.07) is 2.77. The molecule has 0 unspecified atom stereocenters. The molecule has 0 fully saturated rings. The predicted octanol–water partition coefficient (Wildman–Crippen LogP) is 2.53. The number of aromatic hydroxyl groups is 1. The Hall–Kier alpha value is -1.41. The molecule has 1 aromatic rings. The van der Waals surface area contributed by atoms with Gasteiger partial charge in [-0.25, -0.2) is 13.8 Å². The van der Waals surface area contributed by atoms with E-state index in [-0.39, 0.29) is 29.3 Å². The van der Waals surface area contributed by atoms with Crippen LogP contribution in [0.25, 0.3) is 0 Å². The van der Waals surface area contributed by atoms with Gasteiger partial charge in [0.2, 0.25) is 0 Å². The van der Waals surface area contributed by atoms with Crippen molar-refractivity contribution in [3.05, 3.63) is 23.0 Å². The summed E-state index contributed by atoms with van der Waals surface area (Å²) >= 11 is 5.47. The minimum Gasteiger partial charge on any atom is -0.506 e. The fourth-order valence-corrected chi connectivity index (χ4v) is 1.29. The van der Waals surface area contributed by atoms with Crippen LogP contribution in [0.4, 0.5) is 8.78 Å². The number of hydrogen-bond acceptors (Lipinski definition) is 3. The summed E-state index contributed by atoms with van der Waals surface area (Å²) in [5.74, 6) is -0.386. The summed E-state index contributed by atoms with van der Waals surface area (Å²) in [4.78, 5) is 3.49. The molecule has 1 heterocycles. The quantitative estimate of drug-likeness (QED) is 0.815. The largest absolute Gasteiger partial charge is 0.506 e. The van der Waals surface area contributed by atoms with Crippen LogP contribution in [0.5, 0.6) is 5.75 Å². The molecule has 6 heteroatoms. The lowest BCUT2D eigenvalue weighted by atomic mass is 10.1. The first-order chi connectivity index (χ1) is 7.10. The van der Waals surface area contributed by atoms with Crippen molar-refractivity contribution >= 4 is 11.6 Å². The number of nitriles is 1. The maximum atomic E-state index is 12.4. The molecule has 0 saturated carbocycles. The molecule has 0 spiro atoms. The highest BCUT2D eigenvalue weighted by molar-refractivity contribution is 6.17. The summed E-state index contributed by atoms with van der Waals surface area (Å²) in [6.07, 6.45) is -2.97. The zero-order valence-corrected chi connectivity index (χ0v) is 8.30. The monoisotopic (exact) mass is 232 g/mol. The Bertz CT molecular complexity index is 404. The van der Waals surface area contributed by atoms with Crippen molar-refractivity contribution in [1.82, 2.24) is 4.98 Å². The van der Waals surface area contributed by atoms with E-state index in [1.54, 1.807) is 6.07 Å². The van der Waals surface area contributed by atoms with Gasteiger partial charge < -0.3 is 5.11 Å². The highest BCUT2D eigenvalue weighted by Crippen LogP contribution is 2.27. The van der Waals surface area contributed by atoms with E-state index < -0.39 is 12.1 Å². The second-order valence-electron chi connectivity index (χ2n) is 2.77. The van der Waals surface area contributed by atoms with Gasteiger partial charge in [0.05, 0.1) is 24.1 Å². The first kappa shape index (κ1) is 11.7. The van der Waals surface area contributed by atoms with E-state index in [0.717, 1.165) is 6.07 Å². The normalized spacial score (nSPS) is 10.3. The lowest BCUT2D eigenvalue weighted by molar-refractivity contribution is 0.145. The van der Waals surface area contributed by atoms with Crippen molar-refractivity contribution in [1.29, 1.82) is 5.26 Å². The fourth-order valence-electron chi connectivity index (χ4n) is 1.09. The van der Waals surface area contributed by atoms with Crippen LogP contribution in [-0.2, 0) is 12.3 Å². The molecule has 0 aromatic carbocycles. The van der Waals surface area contributed by atoms with Crippen molar-refractivity contribution < 1.29 is 13.9 Å². The average molecular weight is 233 g/mol. The van der Waals surface area contributed by atoms with Gasteiger partial charge in [-0.15, -0.1) is 11.6 Å². The number of aromatic nitrogens is 1. The highest BCUT2D eigenvalue weighted by atomic mass is 35.5. The van der Waals surface area contributed by atoms with Crippen LogP contribution in [-0.4, -0.2) is 10.1 Å². The Morgan fingerprint density at radius 3 is 2.73 bits per heavy atom. The van der Waals surface area contributed by atoms with Crippen molar-refractivity contribution in [3.63, 3.8) is 0 Å². The van der Waals surface area contributed by atoms with Gasteiger partial charge in [-0.2, -0.15) is 5.26 Å². The first-order valence-corrected chi connectivity index (χ1v) is 4.56. The molecule has 1 rings (SSSR count). The molecule has 0 saturated heterocycles. The smallest absolute Gasteiger partial charge is 0.280 e. The van der Waals surface area contributed by atoms with Crippen LogP contribution in [0.1, 0.15) is 23.4 Å². The van der Waals surface area contributed by atoms with Crippen LogP contribution >= 0.6 is 11.6 Å². The van der Waals surface area contributed by atoms with E-state index in [1.807, 2.05) is 0 Å². The minimum atomic E-state index is -2.75. The zero-order valence-electron chi connectivity index (χ0n) is 7.54. The van der Waals surface area contributed by atoms with Gasteiger partial charge in [0.15, 0.2) is 0 Å². The van der Waals surface area contributed by atoms with Gasteiger partial charge in [0, 0.05) is 5.56 Å². The van der Waals surface area contributed by atoms with Crippen LogP contribution in [0.15, 0.2) is 6.07 Å². The number of rotatable bonds is 3. The Balaban J connectivity index is 3.26. The molecule has 0 bridgehead atoms. The Morgan fingerprint density at radius 1 is 1.60 bits per heavy atom. The summed E-state index contributed by atoms with van der Waals surface area (Å²) in [6.45, 7) is 0. The van der Waals surface area contributed by atoms with E-state index >= 15 is 0 Å². The second-order valence-corrected chi connectivity index (χ2v) is 3.04. The topological polar surface area (TPSA) is 56.9 Å². The van der Waals surface area contributed by atoms with Crippen LogP contribution < -0.4 is 0 Å². The fraction of sp³-hybridized carbons (Fsp3) is 0.333. The Morgan fingerprint density at radius 2 is 2.27 bits per heavy atom. The Labute approximate surface area is 89.9 Å². The molecule has 3 nitrogen and oxygen atoms in total. The molecular formula is C9H7ClF2N2O. The van der Waals surface area contributed by atoms with Crippen molar-refractivity contribution in [3.8, 4) is 11.8 Å². The summed E-state index contributed by atoms with van der Waals surface area (Å²) in [7, 11) is 0. The first-order valence-electron chi connectivity index (χ1n) is 4.02. The minimum absolute atomic E-state index is 0.0639. The summed E-state index contributed by atoms with van der Waals surface area (Å²) in [5.41, 5.74) is -0.383. The number of hydrogen-bond donors (Lipinski definition) is 1. The molecule has 0 atom stereocenters. The van der Waals surface area contributed by atoms with Crippen LogP contribution in [0.2, 0.25) is 0 Å². The number of nitrogens with zero attached hydrogens (tertiary/aromatic N) is 2. The molecule has 0 aliphatic carbocycles. The third-order valence-electron chi connectivity index (χ3n) is 1.78. The van der Waals surface area contributed by atoms with Crippen molar-refractivity contribution in [2.45, 2.75) is 18.7 Å². The van der Waals surface area contributed by atoms with Crippen molar-refractivity contribution in [2.75, 3.05) is 0 Å². The Kier molecular flexibility index (Phi) is 3.81. The average Bonchev–Trinajstić information content (AvgIpc) is 2.21. The summed E-state index contributed by atoms with van der Waals surface area (Å²) < 4.78 is 24.7. The molecule has 0 aliphatic heterocycles. The van der Waals surface area contributed by atoms with Crippen LogP contribution in [0, 0.1) is 11.3 Å². The van der Waals surface area contributed by atoms with E-state index in [2.05, 4.69) is 4.98 Å². The lowest BCUT2D eigenvalue weighted by Crippen LogP contribution is -1.99. The molecule has 0 radical (unpaired) electrons. The molecule has 0 aliphatic rings. The van der Waals surface area contributed by atoms with E-state index in [1.165, 1.54) is 0 Å². The van der Waals surface area contributed by atoms with Gasteiger partial charge in [0.25, 0.3) is 6.43 Å².